The van der Waals surface area contributed by atoms with Gasteiger partial charge in [0, 0.05) is 11.8 Å². The van der Waals surface area contributed by atoms with Crippen LogP contribution in [0.1, 0.15) is 21.5 Å². The van der Waals surface area contributed by atoms with Crippen molar-refractivity contribution < 1.29 is 4.79 Å². The normalized spacial score (nSPS) is 11.0. The molecule has 1 amide bonds. The Morgan fingerprint density at radius 3 is 2.45 bits per heavy atom. The minimum absolute atomic E-state index is 0.101. The standard InChI is InChI=1S/C20H17NO/c1-15-6-2-3-7-16(15)12-13-21-20(22)19-11-10-17-8-4-5-9-18(17)14-19/h2-14H,1H3,(H,21,22)/b13-12+. The molecule has 1 N–H and O–H groups in total. The molecule has 0 bridgehead atoms. The van der Waals surface area contributed by atoms with Gasteiger partial charge in [0.1, 0.15) is 0 Å². The maximum atomic E-state index is 12.2. The Balaban J connectivity index is 1.74. The Hall–Kier alpha value is -2.87. The molecule has 0 spiro atoms. The molecule has 0 radical (unpaired) electrons. The molecule has 0 heterocycles. The van der Waals surface area contributed by atoms with Gasteiger partial charge in [-0.1, -0.05) is 54.6 Å². The molecule has 0 unspecified atom stereocenters. The number of carbonyl (C=O) groups excluding carboxylic acids is 1. The smallest absolute Gasteiger partial charge is 0.255 e. The Kier molecular flexibility index (Phi) is 4.01. The molecule has 0 saturated carbocycles. The summed E-state index contributed by atoms with van der Waals surface area (Å²) in [6, 6.07) is 21.8. The van der Waals surface area contributed by atoms with Crippen LogP contribution in [-0.4, -0.2) is 5.91 Å². The molecular weight excluding hydrogens is 270 g/mol. The lowest BCUT2D eigenvalue weighted by molar-refractivity contribution is 0.0970. The zero-order valence-electron chi connectivity index (χ0n) is 12.4. The molecule has 0 aliphatic heterocycles. The van der Waals surface area contributed by atoms with Gasteiger partial charge in [0.2, 0.25) is 0 Å². The van der Waals surface area contributed by atoms with E-state index in [4.69, 9.17) is 0 Å². The van der Waals surface area contributed by atoms with Crippen molar-refractivity contribution >= 4 is 22.8 Å². The number of amides is 1. The molecule has 0 atom stereocenters. The van der Waals surface area contributed by atoms with Crippen LogP contribution in [0.25, 0.3) is 16.8 Å². The zero-order chi connectivity index (χ0) is 15.4. The fraction of sp³-hybridized carbons (Fsp3) is 0.0500. The third-order valence-electron chi connectivity index (χ3n) is 3.68. The summed E-state index contributed by atoms with van der Waals surface area (Å²) in [4.78, 5) is 12.2. The lowest BCUT2D eigenvalue weighted by atomic mass is 10.1. The van der Waals surface area contributed by atoms with Gasteiger partial charge in [0.25, 0.3) is 5.91 Å². The minimum Gasteiger partial charge on any atom is -0.329 e. The molecule has 3 rings (SSSR count). The number of aryl methyl sites for hydroxylation is 1. The Bertz CT molecular complexity index is 849. The molecule has 108 valence electrons. The molecule has 22 heavy (non-hydrogen) atoms. The maximum absolute atomic E-state index is 12.2. The van der Waals surface area contributed by atoms with E-state index in [0.717, 1.165) is 16.3 Å². The van der Waals surface area contributed by atoms with Gasteiger partial charge >= 0.3 is 0 Å². The highest BCUT2D eigenvalue weighted by Gasteiger charge is 2.04. The van der Waals surface area contributed by atoms with Crippen molar-refractivity contribution in [2.24, 2.45) is 0 Å². The lowest BCUT2D eigenvalue weighted by Gasteiger charge is -2.03. The van der Waals surface area contributed by atoms with Crippen LogP contribution >= 0.6 is 0 Å². The van der Waals surface area contributed by atoms with Crippen molar-refractivity contribution in [3.63, 3.8) is 0 Å². The van der Waals surface area contributed by atoms with Gasteiger partial charge in [0.05, 0.1) is 0 Å². The Morgan fingerprint density at radius 1 is 0.909 bits per heavy atom. The fourth-order valence-corrected chi connectivity index (χ4v) is 2.39. The van der Waals surface area contributed by atoms with Gasteiger partial charge in [-0.3, -0.25) is 4.79 Å². The van der Waals surface area contributed by atoms with Crippen LogP contribution in [0.3, 0.4) is 0 Å². The number of benzene rings is 3. The number of rotatable bonds is 3. The predicted octanol–water partition coefficient (Wildman–Crippen LogP) is 4.55. The van der Waals surface area contributed by atoms with Crippen LogP contribution < -0.4 is 5.32 Å². The van der Waals surface area contributed by atoms with Gasteiger partial charge in [-0.05, 0) is 47.0 Å². The highest BCUT2D eigenvalue weighted by molar-refractivity contribution is 5.99. The monoisotopic (exact) mass is 287 g/mol. The van der Waals surface area contributed by atoms with Crippen LogP contribution in [0.2, 0.25) is 0 Å². The molecule has 2 nitrogen and oxygen atoms in total. The highest BCUT2D eigenvalue weighted by Crippen LogP contribution is 2.15. The van der Waals surface area contributed by atoms with E-state index in [1.807, 2.05) is 79.7 Å². The largest absolute Gasteiger partial charge is 0.329 e. The van der Waals surface area contributed by atoms with E-state index in [-0.39, 0.29) is 5.91 Å². The first-order chi connectivity index (χ1) is 10.7. The van der Waals surface area contributed by atoms with Crippen LogP contribution in [0.4, 0.5) is 0 Å². The molecule has 2 heteroatoms. The SMILES string of the molecule is Cc1ccccc1/C=C/NC(=O)c1ccc2ccccc2c1. The van der Waals surface area contributed by atoms with Gasteiger partial charge < -0.3 is 5.32 Å². The summed E-state index contributed by atoms with van der Waals surface area (Å²) in [5.41, 5.74) is 2.94. The van der Waals surface area contributed by atoms with Gasteiger partial charge in [0.15, 0.2) is 0 Å². The molecule has 0 aliphatic carbocycles. The first-order valence-electron chi connectivity index (χ1n) is 7.26. The molecule has 0 aromatic heterocycles. The quantitative estimate of drug-likeness (QED) is 0.752. The molecule has 3 aromatic carbocycles. The van der Waals surface area contributed by atoms with Gasteiger partial charge in [-0.25, -0.2) is 0 Å². The van der Waals surface area contributed by atoms with E-state index in [9.17, 15) is 4.79 Å². The number of hydrogen-bond acceptors (Lipinski definition) is 1. The summed E-state index contributed by atoms with van der Waals surface area (Å²) in [7, 11) is 0. The predicted molar refractivity (Wildman–Crippen MR) is 91.6 cm³/mol. The number of carbonyl (C=O) groups is 1. The highest BCUT2D eigenvalue weighted by atomic mass is 16.1. The lowest BCUT2D eigenvalue weighted by Crippen LogP contribution is -2.16. The third-order valence-corrected chi connectivity index (χ3v) is 3.68. The number of nitrogens with one attached hydrogen (secondary N) is 1. The molecule has 0 aliphatic rings. The van der Waals surface area contributed by atoms with Crippen LogP contribution in [0, 0.1) is 6.92 Å². The van der Waals surface area contributed by atoms with Crippen molar-refractivity contribution in [2.45, 2.75) is 6.92 Å². The topological polar surface area (TPSA) is 29.1 Å². The minimum atomic E-state index is -0.101. The molecular formula is C20H17NO. The summed E-state index contributed by atoms with van der Waals surface area (Å²) in [6.07, 6.45) is 3.61. The van der Waals surface area contributed by atoms with E-state index in [1.165, 1.54) is 5.56 Å². The summed E-state index contributed by atoms with van der Waals surface area (Å²) >= 11 is 0. The van der Waals surface area contributed by atoms with Crippen LogP contribution in [-0.2, 0) is 0 Å². The first kappa shape index (κ1) is 14.1. The van der Waals surface area contributed by atoms with Crippen molar-refractivity contribution in [2.75, 3.05) is 0 Å². The average Bonchev–Trinajstić information content (AvgIpc) is 2.56. The second-order valence-corrected chi connectivity index (χ2v) is 5.23. The van der Waals surface area contributed by atoms with E-state index in [1.54, 1.807) is 6.20 Å². The van der Waals surface area contributed by atoms with E-state index in [2.05, 4.69) is 5.32 Å². The van der Waals surface area contributed by atoms with Crippen LogP contribution in [0.15, 0.2) is 72.9 Å². The zero-order valence-corrected chi connectivity index (χ0v) is 12.4. The maximum Gasteiger partial charge on any atom is 0.255 e. The number of hydrogen-bond donors (Lipinski definition) is 1. The summed E-state index contributed by atoms with van der Waals surface area (Å²) in [5, 5.41) is 5.02. The number of fused-ring (bicyclic) bond motifs is 1. The molecule has 3 aromatic rings. The first-order valence-corrected chi connectivity index (χ1v) is 7.26. The van der Waals surface area contributed by atoms with E-state index < -0.39 is 0 Å². The average molecular weight is 287 g/mol. The van der Waals surface area contributed by atoms with E-state index >= 15 is 0 Å². The van der Waals surface area contributed by atoms with Crippen molar-refractivity contribution in [3.05, 3.63) is 89.6 Å². The van der Waals surface area contributed by atoms with Crippen molar-refractivity contribution in [3.8, 4) is 0 Å². The molecule has 0 fully saturated rings. The Labute approximate surface area is 130 Å². The third kappa shape index (κ3) is 3.07. The van der Waals surface area contributed by atoms with Crippen molar-refractivity contribution in [1.82, 2.24) is 5.32 Å². The van der Waals surface area contributed by atoms with Gasteiger partial charge in [-0.2, -0.15) is 0 Å². The fourth-order valence-electron chi connectivity index (χ4n) is 2.39. The summed E-state index contributed by atoms with van der Waals surface area (Å²) in [5.74, 6) is -0.101. The second kappa shape index (κ2) is 6.27. The van der Waals surface area contributed by atoms with E-state index in [0.29, 0.717) is 5.56 Å². The van der Waals surface area contributed by atoms with Crippen molar-refractivity contribution in [1.29, 1.82) is 0 Å². The molecule has 0 saturated heterocycles. The second-order valence-electron chi connectivity index (χ2n) is 5.23. The summed E-state index contributed by atoms with van der Waals surface area (Å²) in [6.45, 7) is 2.05. The van der Waals surface area contributed by atoms with Crippen LogP contribution in [0.5, 0.6) is 0 Å². The Morgan fingerprint density at radius 2 is 1.64 bits per heavy atom. The summed E-state index contributed by atoms with van der Waals surface area (Å²) < 4.78 is 0. The van der Waals surface area contributed by atoms with Gasteiger partial charge in [-0.15, -0.1) is 0 Å².